The third-order valence-corrected chi connectivity index (χ3v) is 5.09. The molecule has 4 N–H and O–H groups in total. The average Bonchev–Trinajstić information content (AvgIpc) is 2.76. The maximum atomic E-state index is 5.96. The summed E-state index contributed by atoms with van der Waals surface area (Å²) in [7, 11) is 0. The molecule has 29 heavy (non-hydrogen) atoms. The van der Waals surface area contributed by atoms with E-state index in [-0.39, 0.29) is 0 Å². The number of para-hydroxylation sites is 2. The lowest BCUT2D eigenvalue weighted by Gasteiger charge is -2.28. The fourth-order valence-electron chi connectivity index (χ4n) is 3.71. The van der Waals surface area contributed by atoms with E-state index in [4.69, 9.17) is 16.5 Å². The zero-order valence-electron chi connectivity index (χ0n) is 15.8. The number of pyridine rings is 1. The van der Waals surface area contributed by atoms with Crippen molar-refractivity contribution < 1.29 is 0 Å². The Kier molecular flexibility index (Phi) is 4.03. The van der Waals surface area contributed by atoms with Crippen LogP contribution >= 0.6 is 0 Å². The number of nitrogens with two attached hydrogens (primary N) is 2. The molecule has 0 aliphatic heterocycles. The highest BCUT2D eigenvalue weighted by Gasteiger charge is 2.19. The van der Waals surface area contributed by atoms with Crippen molar-refractivity contribution in [2.24, 2.45) is 0 Å². The smallest absolute Gasteiger partial charge is 0.0730 e. The van der Waals surface area contributed by atoms with E-state index in [2.05, 4.69) is 29.2 Å². The normalized spacial score (nSPS) is 11.0. The van der Waals surface area contributed by atoms with Gasteiger partial charge in [0.2, 0.25) is 0 Å². The Morgan fingerprint density at radius 3 is 1.38 bits per heavy atom. The van der Waals surface area contributed by atoms with Crippen molar-refractivity contribution in [2.75, 3.05) is 16.4 Å². The predicted molar refractivity (Wildman–Crippen MR) is 123 cm³/mol. The van der Waals surface area contributed by atoms with E-state index in [1.165, 1.54) is 0 Å². The molecule has 0 saturated carbocycles. The molecule has 1 aromatic heterocycles. The summed E-state index contributed by atoms with van der Waals surface area (Å²) in [5.41, 5.74) is 18.4. The molecule has 4 nitrogen and oxygen atoms in total. The molecule has 0 saturated heterocycles. The van der Waals surface area contributed by atoms with Crippen molar-refractivity contribution in [2.45, 2.75) is 0 Å². The molecule has 5 rings (SSSR count). The second kappa shape index (κ2) is 6.84. The highest BCUT2D eigenvalue weighted by molar-refractivity contribution is 6.11. The molecular formula is C25H20N4. The Hall–Kier alpha value is -4.05. The first-order valence-electron chi connectivity index (χ1n) is 9.49. The summed E-state index contributed by atoms with van der Waals surface area (Å²) >= 11 is 0. The van der Waals surface area contributed by atoms with Crippen LogP contribution in [0.3, 0.4) is 0 Å². The van der Waals surface area contributed by atoms with Crippen LogP contribution in [-0.2, 0) is 0 Å². The van der Waals surface area contributed by atoms with Gasteiger partial charge in [0.1, 0.15) is 0 Å². The molecule has 0 bridgehead atoms. The van der Waals surface area contributed by atoms with E-state index in [0.29, 0.717) is 0 Å². The third-order valence-electron chi connectivity index (χ3n) is 5.09. The number of anilines is 5. The van der Waals surface area contributed by atoms with E-state index in [1.807, 2.05) is 72.8 Å². The quantitative estimate of drug-likeness (QED) is 0.298. The van der Waals surface area contributed by atoms with E-state index in [1.54, 1.807) is 0 Å². The largest absolute Gasteiger partial charge is 0.399 e. The molecule has 5 aromatic rings. The zero-order chi connectivity index (χ0) is 19.8. The van der Waals surface area contributed by atoms with Crippen LogP contribution in [-0.4, -0.2) is 4.98 Å². The van der Waals surface area contributed by atoms with Crippen molar-refractivity contribution >= 4 is 50.2 Å². The van der Waals surface area contributed by atoms with E-state index < -0.39 is 0 Å². The molecule has 0 aliphatic rings. The van der Waals surface area contributed by atoms with Crippen LogP contribution in [0.2, 0.25) is 0 Å². The van der Waals surface area contributed by atoms with Gasteiger partial charge in [-0.2, -0.15) is 0 Å². The molecule has 0 fully saturated rings. The Balaban J connectivity index is 1.89. The standard InChI is InChI=1S/C25H20N4/c26-17-9-13-19(14-10-17)29(20-15-11-18(27)12-16-20)25-21-5-1-3-7-23(21)28-24-8-4-2-6-22(24)25/h1-16H,26-27H2. The number of aromatic nitrogens is 1. The highest BCUT2D eigenvalue weighted by atomic mass is 15.1. The summed E-state index contributed by atoms with van der Waals surface area (Å²) in [6.45, 7) is 0. The van der Waals surface area contributed by atoms with E-state index in [0.717, 1.165) is 50.2 Å². The summed E-state index contributed by atoms with van der Waals surface area (Å²) in [6.07, 6.45) is 0. The topological polar surface area (TPSA) is 68.2 Å². The maximum absolute atomic E-state index is 5.96. The van der Waals surface area contributed by atoms with Gasteiger partial charge in [-0.25, -0.2) is 4.98 Å². The van der Waals surface area contributed by atoms with Gasteiger partial charge >= 0.3 is 0 Å². The summed E-state index contributed by atoms with van der Waals surface area (Å²) in [6, 6.07) is 32.3. The number of fused-ring (bicyclic) bond motifs is 2. The minimum Gasteiger partial charge on any atom is -0.399 e. The van der Waals surface area contributed by atoms with Crippen molar-refractivity contribution in [1.29, 1.82) is 0 Å². The predicted octanol–water partition coefficient (Wildman–Crippen LogP) is 6.02. The molecule has 0 aliphatic carbocycles. The molecule has 0 spiro atoms. The van der Waals surface area contributed by atoms with Crippen LogP contribution in [0.15, 0.2) is 97.1 Å². The monoisotopic (exact) mass is 376 g/mol. The van der Waals surface area contributed by atoms with Crippen LogP contribution in [0.5, 0.6) is 0 Å². The van der Waals surface area contributed by atoms with Crippen LogP contribution in [0.25, 0.3) is 21.8 Å². The van der Waals surface area contributed by atoms with Gasteiger partial charge in [-0.3, -0.25) is 0 Å². The highest BCUT2D eigenvalue weighted by Crippen LogP contribution is 2.42. The molecule has 0 amide bonds. The summed E-state index contributed by atoms with van der Waals surface area (Å²) in [5.74, 6) is 0. The summed E-state index contributed by atoms with van der Waals surface area (Å²) < 4.78 is 0. The molecule has 0 unspecified atom stereocenters. The van der Waals surface area contributed by atoms with Gasteiger partial charge in [0.25, 0.3) is 0 Å². The van der Waals surface area contributed by atoms with Crippen molar-refractivity contribution in [3.8, 4) is 0 Å². The molecular weight excluding hydrogens is 356 g/mol. The van der Waals surface area contributed by atoms with Gasteiger partial charge in [-0.05, 0) is 60.7 Å². The number of benzene rings is 4. The lowest BCUT2D eigenvalue weighted by Crippen LogP contribution is -2.11. The second-order valence-electron chi connectivity index (χ2n) is 7.01. The Bertz CT molecular complexity index is 1210. The van der Waals surface area contributed by atoms with Gasteiger partial charge in [-0.15, -0.1) is 0 Å². The average molecular weight is 376 g/mol. The molecule has 140 valence electrons. The Morgan fingerprint density at radius 1 is 0.517 bits per heavy atom. The number of rotatable bonds is 3. The molecule has 0 atom stereocenters. The first kappa shape index (κ1) is 17.1. The van der Waals surface area contributed by atoms with Crippen molar-refractivity contribution in [1.82, 2.24) is 4.98 Å². The molecule has 4 aromatic carbocycles. The first-order valence-corrected chi connectivity index (χ1v) is 9.49. The second-order valence-corrected chi connectivity index (χ2v) is 7.01. The fourth-order valence-corrected chi connectivity index (χ4v) is 3.71. The van der Waals surface area contributed by atoms with Gasteiger partial charge in [0, 0.05) is 33.5 Å². The Labute approximate surface area is 169 Å². The fraction of sp³-hybridized carbons (Fsp3) is 0. The molecule has 4 heteroatoms. The Morgan fingerprint density at radius 2 is 0.931 bits per heavy atom. The lowest BCUT2D eigenvalue weighted by atomic mass is 10.0. The van der Waals surface area contributed by atoms with E-state index >= 15 is 0 Å². The number of nitrogens with zero attached hydrogens (tertiary/aromatic N) is 2. The van der Waals surface area contributed by atoms with Gasteiger partial charge in [0.15, 0.2) is 0 Å². The van der Waals surface area contributed by atoms with E-state index in [9.17, 15) is 0 Å². The first-order chi connectivity index (χ1) is 14.2. The number of nitrogen functional groups attached to an aromatic ring is 2. The van der Waals surface area contributed by atoms with Crippen LogP contribution in [0.4, 0.5) is 28.4 Å². The lowest BCUT2D eigenvalue weighted by molar-refractivity contribution is 1.30. The van der Waals surface area contributed by atoms with Crippen LogP contribution in [0.1, 0.15) is 0 Å². The summed E-state index contributed by atoms with van der Waals surface area (Å²) in [5, 5.41) is 2.17. The summed E-state index contributed by atoms with van der Waals surface area (Å²) in [4.78, 5) is 7.11. The molecule has 0 radical (unpaired) electrons. The van der Waals surface area contributed by atoms with Crippen LogP contribution < -0.4 is 16.4 Å². The number of hydrogen-bond donors (Lipinski definition) is 2. The van der Waals surface area contributed by atoms with Crippen LogP contribution in [0, 0.1) is 0 Å². The van der Waals surface area contributed by atoms with Crippen molar-refractivity contribution in [3.05, 3.63) is 97.1 Å². The maximum Gasteiger partial charge on any atom is 0.0730 e. The third kappa shape index (κ3) is 3.01. The SMILES string of the molecule is Nc1ccc(N(c2ccc(N)cc2)c2c3ccccc3nc3ccccc23)cc1. The van der Waals surface area contributed by atoms with Gasteiger partial charge < -0.3 is 16.4 Å². The number of hydrogen-bond acceptors (Lipinski definition) is 4. The van der Waals surface area contributed by atoms with Crippen molar-refractivity contribution in [3.63, 3.8) is 0 Å². The minimum absolute atomic E-state index is 0.732. The van der Waals surface area contributed by atoms with Gasteiger partial charge in [0.05, 0.1) is 16.7 Å². The van der Waals surface area contributed by atoms with Gasteiger partial charge in [-0.1, -0.05) is 36.4 Å². The minimum atomic E-state index is 0.732. The molecule has 1 heterocycles. The zero-order valence-corrected chi connectivity index (χ0v) is 15.8.